The fourth-order valence-corrected chi connectivity index (χ4v) is 2.93. The third-order valence-corrected chi connectivity index (χ3v) is 4.62. The SMILES string of the molecule is CC(O)C1CCCN(c2cc(C(C)(C)C)nc(C(C)(C)C)n2)C1. The zero-order chi connectivity index (χ0) is 17.4. The van der Waals surface area contributed by atoms with Crippen molar-refractivity contribution >= 4 is 5.82 Å². The molecule has 1 saturated heterocycles. The third-order valence-electron chi connectivity index (χ3n) is 4.62. The Morgan fingerprint density at radius 2 is 1.78 bits per heavy atom. The normalized spacial score (nSPS) is 21.4. The molecule has 2 rings (SSSR count). The molecule has 1 N–H and O–H groups in total. The molecule has 1 aromatic heterocycles. The molecule has 0 aromatic carbocycles. The maximum absolute atomic E-state index is 9.95. The zero-order valence-electron chi connectivity index (χ0n) is 15.8. The number of piperidine rings is 1. The Labute approximate surface area is 141 Å². The highest BCUT2D eigenvalue weighted by molar-refractivity contribution is 5.42. The molecular weight excluding hydrogens is 286 g/mol. The van der Waals surface area contributed by atoms with Gasteiger partial charge in [-0.15, -0.1) is 0 Å². The highest BCUT2D eigenvalue weighted by atomic mass is 16.3. The summed E-state index contributed by atoms with van der Waals surface area (Å²) < 4.78 is 0. The first kappa shape index (κ1) is 18.2. The van der Waals surface area contributed by atoms with Crippen LogP contribution in [0.2, 0.25) is 0 Å². The van der Waals surface area contributed by atoms with Crippen LogP contribution in [0.15, 0.2) is 6.07 Å². The van der Waals surface area contributed by atoms with Crippen molar-refractivity contribution in [1.29, 1.82) is 0 Å². The highest BCUT2D eigenvalue weighted by Gasteiger charge is 2.28. The first-order valence-corrected chi connectivity index (χ1v) is 8.81. The lowest BCUT2D eigenvalue weighted by Gasteiger charge is -2.36. The number of hydrogen-bond acceptors (Lipinski definition) is 4. The Balaban J connectivity index is 2.41. The Kier molecular flexibility index (Phi) is 5.05. The van der Waals surface area contributed by atoms with Crippen LogP contribution in [-0.4, -0.2) is 34.3 Å². The first-order valence-electron chi connectivity index (χ1n) is 8.81. The van der Waals surface area contributed by atoms with E-state index >= 15 is 0 Å². The molecule has 2 atom stereocenters. The lowest BCUT2D eigenvalue weighted by Crippen LogP contribution is -2.40. The number of aromatic nitrogens is 2. The van der Waals surface area contributed by atoms with Crippen LogP contribution < -0.4 is 4.90 Å². The highest BCUT2D eigenvalue weighted by Crippen LogP contribution is 2.30. The van der Waals surface area contributed by atoms with E-state index in [1.165, 1.54) is 0 Å². The van der Waals surface area contributed by atoms with Crippen LogP contribution in [-0.2, 0) is 10.8 Å². The molecule has 4 heteroatoms. The van der Waals surface area contributed by atoms with E-state index < -0.39 is 0 Å². The molecule has 0 saturated carbocycles. The average molecular weight is 319 g/mol. The lowest BCUT2D eigenvalue weighted by atomic mass is 9.89. The molecule has 4 nitrogen and oxygen atoms in total. The standard InChI is InChI=1S/C19H33N3O/c1-13(23)14-9-8-10-22(12-14)16-11-15(18(2,3)4)20-17(21-16)19(5,6)7/h11,13-14,23H,8-10,12H2,1-7H3. The molecule has 23 heavy (non-hydrogen) atoms. The molecule has 1 aliphatic rings. The summed E-state index contributed by atoms with van der Waals surface area (Å²) in [7, 11) is 0. The second kappa shape index (κ2) is 6.39. The van der Waals surface area contributed by atoms with Gasteiger partial charge in [0, 0.05) is 35.9 Å². The summed E-state index contributed by atoms with van der Waals surface area (Å²) in [6.45, 7) is 16.8. The Morgan fingerprint density at radius 3 is 2.30 bits per heavy atom. The van der Waals surface area contributed by atoms with Gasteiger partial charge in [0.25, 0.3) is 0 Å². The molecule has 0 spiro atoms. The van der Waals surface area contributed by atoms with Crippen LogP contribution in [0.1, 0.15) is 72.8 Å². The summed E-state index contributed by atoms with van der Waals surface area (Å²) in [6, 6.07) is 2.14. The number of aliphatic hydroxyl groups is 1. The number of anilines is 1. The van der Waals surface area contributed by atoms with Crippen molar-refractivity contribution in [2.24, 2.45) is 5.92 Å². The van der Waals surface area contributed by atoms with Gasteiger partial charge in [-0.05, 0) is 19.8 Å². The monoisotopic (exact) mass is 319 g/mol. The fraction of sp³-hybridized carbons (Fsp3) is 0.789. The minimum atomic E-state index is -0.260. The van der Waals surface area contributed by atoms with Gasteiger partial charge in [0.05, 0.1) is 11.8 Å². The van der Waals surface area contributed by atoms with Gasteiger partial charge in [0.1, 0.15) is 11.6 Å². The van der Waals surface area contributed by atoms with E-state index in [2.05, 4.69) is 52.5 Å². The van der Waals surface area contributed by atoms with E-state index in [1.807, 2.05) is 6.92 Å². The zero-order valence-corrected chi connectivity index (χ0v) is 15.8. The van der Waals surface area contributed by atoms with E-state index in [1.54, 1.807) is 0 Å². The van der Waals surface area contributed by atoms with Gasteiger partial charge in [-0.3, -0.25) is 0 Å². The molecule has 1 fully saturated rings. The molecule has 0 amide bonds. The van der Waals surface area contributed by atoms with E-state index in [9.17, 15) is 5.11 Å². The van der Waals surface area contributed by atoms with Crippen LogP contribution in [0.5, 0.6) is 0 Å². The molecule has 2 unspecified atom stereocenters. The lowest BCUT2D eigenvalue weighted by molar-refractivity contribution is 0.115. The number of rotatable bonds is 2. The smallest absolute Gasteiger partial charge is 0.136 e. The largest absolute Gasteiger partial charge is 0.393 e. The minimum absolute atomic E-state index is 0.00283. The third kappa shape index (κ3) is 4.43. The van der Waals surface area contributed by atoms with E-state index in [0.717, 1.165) is 43.3 Å². The van der Waals surface area contributed by atoms with E-state index in [-0.39, 0.29) is 16.9 Å². The van der Waals surface area contributed by atoms with E-state index in [4.69, 9.17) is 9.97 Å². The van der Waals surface area contributed by atoms with Crippen molar-refractivity contribution in [2.75, 3.05) is 18.0 Å². The van der Waals surface area contributed by atoms with Gasteiger partial charge < -0.3 is 10.0 Å². The predicted octanol–water partition coefficient (Wildman–Crippen LogP) is 3.67. The maximum Gasteiger partial charge on any atom is 0.136 e. The predicted molar refractivity (Wildman–Crippen MR) is 96.0 cm³/mol. The first-order chi connectivity index (χ1) is 10.5. The summed E-state index contributed by atoms with van der Waals surface area (Å²) in [5.74, 6) is 2.24. The number of hydrogen-bond donors (Lipinski definition) is 1. The van der Waals surface area contributed by atoms with Gasteiger partial charge in [-0.25, -0.2) is 9.97 Å². The number of nitrogens with zero attached hydrogens (tertiary/aromatic N) is 3. The van der Waals surface area contributed by atoms with Crippen LogP contribution in [0, 0.1) is 5.92 Å². The summed E-state index contributed by atoms with van der Waals surface area (Å²) in [5.41, 5.74) is 1.01. The second-order valence-electron chi connectivity index (χ2n) is 9.02. The van der Waals surface area contributed by atoms with Crippen molar-refractivity contribution in [3.8, 4) is 0 Å². The van der Waals surface area contributed by atoms with Crippen LogP contribution in [0.4, 0.5) is 5.82 Å². The number of aliphatic hydroxyl groups excluding tert-OH is 1. The van der Waals surface area contributed by atoms with Gasteiger partial charge in [0.2, 0.25) is 0 Å². The van der Waals surface area contributed by atoms with Gasteiger partial charge in [-0.2, -0.15) is 0 Å². The Hall–Kier alpha value is -1.16. The fourth-order valence-electron chi connectivity index (χ4n) is 2.93. The molecule has 0 radical (unpaired) electrons. The molecular formula is C19H33N3O. The van der Waals surface area contributed by atoms with Crippen molar-refractivity contribution in [3.63, 3.8) is 0 Å². The molecule has 1 aliphatic heterocycles. The van der Waals surface area contributed by atoms with Crippen molar-refractivity contribution in [2.45, 2.75) is 78.2 Å². The Morgan fingerprint density at radius 1 is 1.13 bits per heavy atom. The van der Waals surface area contributed by atoms with Crippen molar-refractivity contribution in [1.82, 2.24) is 9.97 Å². The maximum atomic E-state index is 9.95. The summed E-state index contributed by atoms with van der Waals surface area (Å²) in [6.07, 6.45) is 1.94. The quantitative estimate of drug-likeness (QED) is 0.903. The topological polar surface area (TPSA) is 49.2 Å². The van der Waals surface area contributed by atoms with Crippen molar-refractivity contribution < 1.29 is 5.11 Å². The second-order valence-corrected chi connectivity index (χ2v) is 9.02. The molecule has 1 aromatic rings. The average Bonchev–Trinajstić information content (AvgIpc) is 2.45. The van der Waals surface area contributed by atoms with Crippen LogP contribution in [0.3, 0.4) is 0 Å². The minimum Gasteiger partial charge on any atom is -0.393 e. The molecule has 130 valence electrons. The van der Waals surface area contributed by atoms with Gasteiger partial charge in [-0.1, -0.05) is 41.5 Å². The van der Waals surface area contributed by atoms with E-state index in [0.29, 0.717) is 5.92 Å². The molecule has 0 bridgehead atoms. The molecule has 0 aliphatic carbocycles. The van der Waals surface area contributed by atoms with Gasteiger partial charge in [0.15, 0.2) is 0 Å². The summed E-state index contributed by atoms with van der Waals surface area (Å²) in [5, 5.41) is 9.95. The Bertz CT molecular complexity index is 508. The van der Waals surface area contributed by atoms with Gasteiger partial charge >= 0.3 is 0 Å². The summed E-state index contributed by atoms with van der Waals surface area (Å²) >= 11 is 0. The summed E-state index contributed by atoms with van der Waals surface area (Å²) in [4.78, 5) is 12.0. The molecule has 2 heterocycles. The van der Waals surface area contributed by atoms with Crippen molar-refractivity contribution in [3.05, 3.63) is 17.6 Å². The van der Waals surface area contributed by atoms with Crippen LogP contribution in [0.25, 0.3) is 0 Å². The van der Waals surface area contributed by atoms with Crippen LogP contribution >= 0.6 is 0 Å².